The molecule has 0 bridgehead atoms. The van der Waals surface area contributed by atoms with Crippen molar-refractivity contribution in [2.24, 2.45) is 0 Å². The van der Waals surface area contributed by atoms with E-state index in [0.717, 1.165) is 28.7 Å². The molecule has 0 aliphatic heterocycles. The number of benzene rings is 2. The van der Waals surface area contributed by atoms with E-state index in [1.807, 2.05) is 61.7 Å². The molecule has 17 nitrogen and oxygen atoms in total. The van der Waals surface area contributed by atoms with Gasteiger partial charge in [-0.1, -0.05) is 11.8 Å². The molecule has 0 saturated carbocycles. The van der Waals surface area contributed by atoms with Gasteiger partial charge in [0.05, 0.1) is 6.26 Å². The highest BCUT2D eigenvalue weighted by Crippen LogP contribution is 2.29. The van der Waals surface area contributed by atoms with Gasteiger partial charge in [0.1, 0.15) is 52.0 Å². The predicted octanol–water partition coefficient (Wildman–Crippen LogP) is 7.85. The molecule has 0 aliphatic carbocycles. The summed E-state index contributed by atoms with van der Waals surface area (Å²) in [4.78, 5) is 25.6. The number of hydrogen-bond donors (Lipinski definition) is 3. The van der Waals surface area contributed by atoms with Crippen molar-refractivity contribution >= 4 is 52.1 Å². The number of nitrogen functional groups attached to an aromatic ring is 1. The lowest BCUT2D eigenvalue weighted by Crippen LogP contribution is -2.01. The summed E-state index contributed by atoms with van der Waals surface area (Å²) in [6.45, 7) is 1.87. The number of ether oxygens (including phenoxy) is 2. The van der Waals surface area contributed by atoms with Gasteiger partial charge in [-0.25, -0.2) is 9.97 Å². The van der Waals surface area contributed by atoms with E-state index in [9.17, 15) is 5.26 Å². The van der Waals surface area contributed by atoms with Gasteiger partial charge in [-0.05, 0) is 98.1 Å². The Bertz CT molecular complexity index is 2810. The fourth-order valence-corrected chi connectivity index (χ4v) is 5.77. The quantitative estimate of drug-likeness (QED) is 0.113. The SMILES string of the molecule is CSc1nc(C)n2nc(Nc3ccc(Oc4ccncc4)cc3)nc2n1.N#Cc1c(Nc2ccc(Oc3ccncc3)cc2)nn2c(N)cc(-c3ccco3)nc12. The van der Waals surface area contributed by atoms with Gasteiger partial charge >= 0.3 is 0 Å². The van der Waals surface area contributed by atoms with E-state index >= 15 is 0 Å². The summed E-state index contributed by atoms with van der Waals surface area (Å²) in [5.41, 5.74) is 8.86. The average Bonchev–Trinajstić information content (AvgIpc) is 4.00. The molecule has 0 saturated heterocycles. The fourth-order valence-electron chi connectivity index (χ4n) is 5.38. The van der Waals surface area contributed by atoms with Gasteiger partial charge in [0.2, 0.25) is 5.95 Å². The number of pyridine rings is 2. The zero-order valence-corrected chi connectivity index (χ0v) is 31.0. The molecule has 9 aromatic rings. The number of anilines is 5. The first kappa shape index (κ1) is 36.0. The van der Waals surface area contributed by atoms with E-state index < -0.39 is 0 Å². The van der Waals surface area contributed by atoms with Gasteiger partial charge < -0.3 is 30.3 Å². The smallest absolute Gasteiger partial charge is 0.258 e. The lowest BCUT2D eigenvalue weighted by atomic mass is 10.2. The van der Waals surface area contributed by atoms with Crippen LogP contribution in [0.15, 0.2) is 132 Å². The van der Waals surface area contributed by atoms with E-state index in [4.69, 9.17) is 19.6 Å². The molecule has 0 aliphatic rings. The van der Waals surface area contributed by atoms with E-state index in [-0.39, 0.29) is 5.56 Å². The van der Waals surface area contributed by atoms with E-state index in [1.54, 1.807) is 78.0 Å². The maximum absolute atomic E-state index is 9.73. The van der Waals surface area contributed by atoms with Crippen molar-refractivity contribution in [1.82, 2.24) is 49.1 Å². The van der Waals surface area contributed by atoms with Crippen LogP contribution in [0.1, 0.15) is 11.4 Å². The van der Waals surface area contributed by atoms with Crippen LogP contribution in [-0.2, 0) is 0 Å². The molecule has 7 aromatic heterocycles. The second-order valence-electron chi connectivity index (χ2n) is 11.9. The zero-order valence-electron chi connectivity index (χ0n) is 30.2. The molecule has 9 rings (SSSR count). The summed E-state index contributed by atoms with van der Waals surface area (Å²) >= 11 is 1.47. The number of nitrogens with zero attached hydrogens (tertiary/aromatic N) is 11. The molecule has 0 radical (unpaired) electrons. The summed E-state index contributed by atoms with van der Waals surface area (Å²) in [6, 6.07) is 29.3. The molecule has 0 unspecified atom stereocenters. The van der Waals surface area contributed by atoms with Crippen LogP contribution in [0.3, 0.4) is 0 Å². The molecular weight excluding hydrogens is 745 g/mol. The van der Waals surface area contributed by atoms with Crippen molar-refractivity contribution in [3.05, 3.63) is 133 Å². The summed E-state index contributed by atoms with van der Waals surface area (Å²) < 4.78 is 19.9. The van der Waals surface area contributed by atoms with Gasteiger partial charge in [-0.15, -0.1) is 10.2 Å². The Kier molecular flexibility index (Phi) is 10.2. The molecule has 57 heavy (non-hydrogen) atoms. The number of furan rings is 1. The van der Waals surface area contributed by atoms with Gasteiger partial charge in [0.25, 0.3) is 5.78 Å². The number of fused-ring (bicyclic) bond motifs is 2. The number of aryl methyl sites for hydroxylation is 1. The van der Waals surface area contributed by atoms with Crippen LogP contribution < -0.4 is 25.8 Å². The Morgan fingerprint density at radius 1 is 0.737 bits per heavy atom. The van der Waals surface area contributed by atoms with Crippen LogP contribution in [0.4, 0.5) is 29.0 Å². The number of rotatable bonds is 10. The number of nitrogens with one attached hydrogen (secondary N) is 2. The van der Waals surface area contributed by atoms with Crippen molar-refractivity contribution in [3.8, 4) is 40.5 Å². The van der Waals surface area contributed by atoms with Crippen molar-refractivity contribution in [1.29, 1.82) is 5.26 Å². The Labute approximate surface area is 328 Å². The van der Waals surface area contributed by atoms with Crippen LogP contribution in [0.5, 0.6) is 23.0 Å². The molecular formula is C39H30N14O3S. The second kappa shape index (κ2) is 16.1. The zero-order chi connectivity index (χ0) is 39.1. The molecule has 0 atom stereocenters. The van der Waals surface area contributed by atoms with Crippen LogP contribution >= 0.6 is 11.8 Å². The van der Waals surface area contributed by atoms with Gasteiger partial charge in [-0.3, -0.25) is 9.97 Å². The molecule has 2 aromatic carbocycles. The highest BCUT2D eigenvalue weighted by atomic mass is 32.2. The number of aromatic nitrogens is 10. The van der Waals surface area contributed by atoms with E-state index in [1.165, 1.54) is 16.3 Å². The molecule has 0 fully saturated rings. The minimum absolute atomic E-state index is 0.275. The van der Waals surface area contributed by atoms with Crippen molar-refractivity contribution in [3.63, 3.8) is 0 Å². The monoisotopic (exact) mass is 774 g/mol. The third-order valence-electron chi connectivity index (χ3n) is 8.03. The minimum Gasteiger partial charge on any atom is -0.463 e. The van der Waals surface area contributed by atoms with Gasteiger partial charge in [0, 0.05) is 42.2 Å². The predicted molar refractivity (Wildman–Crippen MR) is 213 cm³/mol. The Hall–Kier alpha value is -8.04. The number of nitrogens with two attached hydrogens (primary N) is 1. The third-order valence-corrected chi connectivity index (χ3v) is 8.58. The topological polar surface area (TPSA) is 217 Å². The standard InChI is InChI=1S/C22H15N7O2.C17H15N7OS/c23-13-17-21(26-14-3-5-15(6-4-14)31-16-7-9-25-10-8-16)28-29-20(24)12-18(27-22(17)29)19-2-1-11-30-19;1-11-19-17(26-2)22-16-21-15(23-24(11)16)20-12-3-5-13(6-4-12)25-14-7-9-18-10-8-14/h1-12H,24H2,(H,26,28);3-10H,1-2H3,(H,20,23). The van der Waals surface area contributed by atoms with Crippen LogP contribution in [0, 0.1) is 18.3 Å². The average molecular weight is 775 g/mol. The van der Waals surface area contributed by atoms with E-state index in [0.29, 0.717) is 57.1 Å². The van der Waals surface area contributed by atoms with Crippen molar-refractivity contribution in [2.75, 3.05) is 22.6 Å². The normalized spacial score (nSPS) is 10.8. The highest BCUT2D eigenvalue weighted by Gasteiger charge is 2.18. The summed E-state index contributed by atoms with van der Waals surface area (Å²) in [5.74, 6) is 5.78. The van der Waals surface area contributed by atoms with Crippen LogP contribution in [-0.4, -0.2) is 55.4 Å². The third kappa shape index (κ3) is 8.23. The van der Waals surface area contributed by atoms with Gasteiger partial charge in [-0.2, -0.15) is 24.3 Å². The fraction of sp³-hybridized carbons (Fsp3) is 0.0513. The molecule has 4 N–H and O–H groups in total. The molecule has 18 heteroatoms. The molecule has 0 amide bonds. The maximum atomic E-state index is 9.73. The van der Waals surface area contributed by atoms with E-state index in [2.05, 4.69) is 56.8 Å². The first-order chi connectivity index (χ1) is 27.9. The number of nitriles is 1. The molecule has 7 heterocycles. The summed E-state index contributed by atoms with van der Waals surface area (Å²) in [6.07, 6.45) is 10.2. The first-order valence-electron chi connectivity index (χ1n) is 17.1. The van der Waals surface area contributed by atoms with Crippen molar-refractivity contribution < 1.29 is 13.9 Å². The van der Waals surface area contributed by atoms with Crippen molar-refractivity contribution in [2.45, 2.75) is 12.1 Å². The molecule has 280 valence electrons. The number of hydrogen-bond acceptors (Lipinski definition) is 16. The summed E-state index contributed by atoms with van der Waals surface area (Å²) in [7, 11) is 0. The first-order valence-corrected chi connectivity index (χ1v) is 18.3. The van der Waals surface area contributed by atoms with Gasteiger partial charge in [0.15, 0.2) is 22.4 Å². The maximum Gasteiger partial charge on any atom is 0.258 e. The summed E-state index contributed by atoms with van der Waals surface area (Å²) in [5, 5.41) is 25.5. The minimum atomic E-state index is 0.275. The second-order valence-corrected chi connectivity index (χ2v) is 12.7. The van der Waals surface area contributed by atoms with Crippen LogP contribution in [0.25, 0.3) is 22.9 Å². The lowest BCUT2D eigenvalue weighted by Gasteiger charge is -2.07. The lowest BCUT2D eigenvalue weighted by molar-refractivity contribution is 0.481. The Morgan fingerprint density at radius 2 is 1.35 bits per heavy atom. The Balaban J connectivity index is 0.000000162. The largest absolute Gasteiger partial charge is 0.463 e. The highest BCUT2D eigenvalue weighted by molar-refractivity contribution is 7.98. The number of thioether (sulfide) groups is 1. The Morgan fingerprint density at radius 3 is 1.93 bits per heavy atom. The van der Waals surface area contributed by atoms with Crippen LogP contribution in [0.2, 0.25) is 0 Å². The molecule has 0 spiro atoms.